The van der Waals surface area contributed by atoms with Gasteiger partial charge in [0, 0.05) is 5.69 Å². The van der Waals surface area contributed by atoms with Gasteiger partial charge in [-0.25, -0.2) is 4.39 Å². The minimum Gasteiger partial charge on any atom is -0.390 e. The SMILES string of the molecule is Cc1ccc(F)cc1NC(=O)C12C[C@@H]3C[C@@H](CC(O)(C3)C1)C2. The number of amides is 1. The molecule has 0 aliphatic heterocycles. The maximum Gasteiger partial charge on any atom is 0.230 e. The second kappa shape index (κ2) is 4.54. The average Bonchev–Trinajstić information content (AvgIpc) is 2.40. The molecular weight excluding hydrogens is 281 g/mol. The lowest BCUT2D eigenvalue weighted by atomic mass is 9.47. The van der Waals surface area contributed by atoms with Gasteiger partial charge in [-0.1, -0.05) is 6.07 Å². The Morgan fingerprint density at radius 1 is 1.27 bits per heavy atom. The number of nitrogens with one attached hydrogen (secondary N) is 1. The van der Waals surface area contributed by atoms with Crippen LogP contribution in [0.4, 0.5) is 10.1 Å². The average molecular weight is 303 g/mol. The van der Waals surface area contributed by atoms with Crippen molar-refractivity contribution in [1.82, 2.24) is 0 Å². The number of rotatable bonds is 2. The smallest absolute Gasteiger partial charge is 0.230 e. The zero-order valence-corrected chi connectivity index (χ0v) is 12.9. The molecular formula is C18H22FNO2. The first-order valence-electron chi connectivity index (χ1n) is 8.18. The van der Waals surface area contributed by atoms with Crippen molar-refractivity contribution in [2.24, 2.45) is 17.3 Å². The standard InChI is InChI=1S/C18H22FNO2/c1-11-2-3-14(19)5-15(11)20-16(21)17-6-12-4-13(7-17)9-18(22,8-12)10-17/h2-3,5,12-13,22H,4,6-10H2,1H3,(H,20,21)/t12-,13+,17?,18?. The molecule has 4 aliphatic rings. The van der Waals surface area contributed by atoms with Crippen molar-refractivity contribution in [2.75, 3.05) is 5.32 Å². The summed E-state index contributed by atoms with van der Waals surface area (Å²) in [6.07, 6.45) is 5.14. The van der Waals surface area contributed by atoms with Crippen molar-refractivity contribution in [3.8, 4) is 0 Å². The Hall–Kier alpha value is -1.42. The minimum absolute atomic E-state index is 0.0336. The Bertz CT molecular complexity index is 628. The van der Waals surface area contributed by atoms with E-state index in [0.29, 0.717) is 23.9 Å². The van der Waals surface area contributed by atoms with Gasteiger partial charge in [-0.15, -0.1) is 0 Å². The molecule has 2 N–H and O–H groups in total. The van der Waals surface area contributed by atoms with E-state index in [4.69, 9.17) is 0 Å². The predicted octanol–water partition coefficient (Wildman–Crippen LogP) is 3.40. The largest absolute Gasteiger partial charge is 0.390 e. The van der Waals surface area contributed by atoms with Crippen molar-refractivity contribution in [1.29, 1.82) is 0 Å². The Morgan fingerprint density at radius 2 is 1.95 bits per heavy atom. The highest BCUT2D eigenvalue weighted by molar-refractivity contribution is 5.96. The lowest BCUT2D eigenvalue weighted by molar-refractivity contribution is -0.174. The third-order valence-electron chi connectivity index (χ3n) is 5.96. The van der Waals surface area contributed by atoms with Gasteiger partial charge in [0.2, 0.25) is 5.91 Å². The number of hydrogen-bond donors (Lipinski definition) is 2. The molecule has 0 heterocycles. The van der Waals surface area contributed by atoms with Gasteiger partial charge in [0.05, 0.1) is 11.0 Å². The van der Waals surface area contributed by atoms with Crippen molar-refractivity contribution in [3.05, 3.63) is 29.6 Å². The summed E-state index contributed by atoms with van der Waals surface area (Å²) in [5.41, 5.74) is 0.293. The molecule has 118 valence electrons. The molecule has 1 amide bonds. The molecule has 0 aromatic heterocycles. The van der Waals surface area contributed by atoms with E-state index in [-0.39, 0.29) is 11.7 Å². The molecule has 4 aliphatic carbocycles. The molecule has 0 radical (unpaired) electrons. The van der Waals surface area contributed by atoms with Crippen LogP contribution in [-0.2, 0) is 4.79 Å². The molecule has 4 fully saturated rings. The number of halogens is 1. The highest BCUT2D eigenvalue weighted by Gasteiger charge is 2.60. The fourth-order valence-electron chi connectivity index (χ4n) is 5.46. The van der Waals surface area contributed by atoms with E-state index in [2.05, 4.69) is 5.32 Å². The summed E-state index contributed by atoms with van der Waals surface area (Å²) in [5, 5.41) is 13.7. The summed E-state index contributed by atoms with van der Waals surface area (Å²) in [6, 6.07) is 4.46. The Morgan fingerprint density at radius 3 is 2.59 bits per heavy atom. The van der Waals surface area contributed by atoms with Crippen molar-refractivity contribution in [3.63, 3.8) is 0 Å². The number of anilines is 1. The number of benzene rings is 1. The Kier molecular flexibility index (Phi) is 2.93. The summed E-state index contributed by atoms with van der Waals surface area (Å²) in [6.45, 7) is 1.86. The fourth-order valence-corrected chi connectivity index (χ4v) is 5.46. The maximum absolute atomic E-state index is 13.4. The fraction of sp³-hybridized carbons (Fsp3) is 0.611. The second-order valence-corrected chi connectivity index (χ2v) is 7.88. The van der Waals surface area contributed by atoms with E-state index in [1.54, 1.807) is 6.07 Å². The zero-order chi connectivity index (χ0) is 15.5. The quantitative estimate of drug-likeness (QED) is 0.879. The zero-order valence-electron chi connectivity index (χ0n) is 12.9. The molecule has 1 aromatic rings. The predicted molar refractivity (Wildman–Crippen MR) is 81.8 cm³/mol. The number of carbonyl (C=O) groups excluding carboxylic acids is 1. The van der Waals surface area contributed by atoms with Gasteiger partial charge >= 0.3 is 0 Å². The first kappa shape index (κ1) is 14.2. The van der Waals surface area contributed by atoms with Gasteiger partial charge in [0.1, 0.15) is 5.82 Å². The molecule has 0 saturated heterocycles. The first-order chi connectivity index (χ1) is 10.4. The number of aryl methyl sites for hydroxylation is 1. The van der Waals surface area contributed by atoms with Crippen LogP contribution in [0, 0.1) is 30.0 Å². The van der Waals surface area contributed by atoms with Crippen molar-refractivity contribution >= 4 is 11.6 Å². The molecule has 4 atom stereocenters. The van der Waals surface area contributed by atoms with Crippen LogP contribution in [0.15, 0.2) is 18.2 Å². The van der Waals surface area contributed by atoms with Gasteiger partial charge in [-0.05, 0) is 75.0 Å². The lowest BCUT2D eigenvalue weighted by Gasteiger charge is -2.59. The second-order valence-electron chi connectivity index (χ2n) is 7.88. The third kappa shape index (κ3) is 2.16. The lowest BCUT2D eigenvalue weighted by Crippen LogP contribution is -2.59. The van der Waals surface area contributed by atoms with Crippen LogP contribution >= 0.6 is 0 Å². The molecule has 0 spiro atoms. The van der Waals surface area contributed by atoms with E-state index >= 15 is 0 Å². The monoisotopic (exact) mass is 303 g/mol. The van der Waals surface area contributed by atoms with Crippen LogP contribution in [0.3, 0.4) is 0 Å². The molecule has 4 bridgehead atoms. The summed E-state index contributed by atoms with van der Waals surface area (Å²) in [7, 11) is 0. The van der Waals surface area contributed by atoms with E-state index in [1.165, 1.54) is 12.1 Å². The summed E-state index contributed by atoms with van der Waals surface area (Å²) >= 11 is 0. The highest BCUT2D eigenvalue weighted by atomic mass is 19.1. The van der Waals surface area contributed by atoms with Crippen molar-refractivity contribution in [2.45, 2.75) is 51.0 Å². The Balaban J connectivity index is 1.61. The third-order valence-corrected chi connectivity index (χ3v) is 5.96. The topological polar surface area (TPSA) is 49.3 Å². The van der Waals surface area contributed by atoms with Crippen molar-refractivity contribution < 1.29 is 14.3 Å². The van der Waals surface area contributed by atoms with Crippen LogP contribution in [0.5, 0.6) is 0 Å². The van der Waals surface area contributed by atoms with Crippen LogP contribution in [0.2, 0.25) is 0 Å². The highest BCUT2D eigenvalue weighted by Crippen LogP contribution is 2.61. The maximum atomic E-state index is 13.4. The van der Waals surface area contributed by atoms with Crippen LogP contribution in [0.25, 0.3) is 0 Å². The van der Waals surface area contributed by atoms with E-state index in [1.807, 2.05) is 6.92 Å². The van der Waals surface area contributed by atoms with E-state index in [9.17, 15) is 14.3 Å². The van der Waals surface area contributed by atoms with Crippen LogP contribution in [0.1, 0.15) is 44.1 Å². The van der Waals surface area contributed by atoms with Crippen LogP contribution < -0.4 is 5.32 Å². The van der Waals surface area contributed by atoms with Gasteiger partial charge in [0.25, 0.3) is 0 Å². The van der Waals surface area contributed by atoms with Gasteiger partial charge in [-0.3, -0.25) is 4.79 Å². The molecule has 4 saturated carbocycles. The molecule has 5 rings (SSSR count). The molecule has 3 nitrogen and oxygen atoms in total. The van der Waals surface area contributed by atoms with Gasteiger partial charge in [-0.2, -0.15) is 0 Å². The minimum atomic E-state index is -0.654. The van der Waals surface area contributed by atoms with Gasteiger partial charge in [0.15, 0.2) is 0 Å². The van der Waals surface area contributed by atoms with Crippen LogP contribution in [-0.4, -0.2) is 16.6 Å². The van der Waals surface area contributed by atoms with E-state index in [0.717, 1.165) is 37.7 Å². The van der Waals surface area contributed by atoms with Gasteiger partial charge < -0.3 is 10.4 Å². The Labute approximate surface area is 129 Å². The summed E-state index contributed by atoms with van der Waals surface area (Å²) in [5.74, 6) is 0.551. The number of aliphatic hydroxyl groups is 1. The first-order valence-corrected chi connectivity index (χ1v) is 8.18. The number of hydrogen-bond acceptors (Lipinski definition) is 2. The normalized spacial score (nSPS) is 39.0. The van der Waals surface area contributed by atoms with E-state index < -0.39 is 11.0 Å². The summed E-state index contributed by atoms with van der Waals surface area (Å²) < 4.78 is 13.4. The molecule has 2 unspecified atom stereocenters. The molecule has 1 aromatic carbocycles. The summed E-state index contributed by atoms with van der Waals surface area (Å²) in [4.78, 5) is 12.9. The number of carbonyl (C=O) groups is 1. The molecule has 22 heavy (non-hydrogen) atoms. The molecule has 4 heteroatoms.